The van der Waals surface area contributed by atoms with E-state index in [1.165, 1.54) is 17.0 Å². The van der Waals surface area contributed by atoms with Gasteiger partial charge in [0.05, 0.1) is 5.69 Å². The van der Waals surface area contributed by atoms with Gasteiger partial charge in [-0.15, -0.1) is 6.58 Å². The molecule has 51 heavy (non-hydrogen) atoms. The van der Waals surface area contributed by atoms with Crippen LogP contribution in [0.3, 0.4) is 0 Å². The van der Waals surface area contributed by atoms with E-state index in [0.29, 0.717) is 36.8 Å². The van der Waals surface area contributed by atoms with Gasteiger partial charge in [-0.25, -0.2) is 17.9 Å². The summed E-state index contributed by atoms with van der Waals surface area (Å²) < 4.78 is 34.6. The molecule has 5 rings (SSSR count). The fraction of sp³-hybridized carbons (Fsp3) is 0.500. The third-order valence-electron chi connectivity index (χ3n) is 9.39. The van der Waals surface area contributed by atoms with Crippen molar-refractivity contribution in [1.29, 1.82) is 0 Å². The largest absolute Gasteiger partial charge is 0.444 e. The van der Waals surface area contributed by atoms with E-state index in [0.717, 1.165) is 11.1 Å². The molecular weight excluding hydrogens is 696 g/mol. The molecule has 2 aromatic rings. The number of anilines is 1. The number of carbonyl (C=O) groups is 4. The van der Waals surface area contributed by atoms with Crippen molar-refractivity contribution in [1.82, 2.24) is 25.2 Å². The van der Waals surface area contributed by atoms with Crippen LogP contribution in [-0.4, -0.2) is 91.4 Å². The van der Waals surface area contributed by atoms with Crippen molar-refractivity contribution in [2.24, 2.45) is 11.8 Å². The van der Waals surface area contributed by atoms with Crippen LogP contribution in [0, 0.1) is 11.8 Å². The first-order valence-electron chi connectivity index (χ1n) is 17.1. The second-order valence-electron chi connectivity index (χ2n) is 14.7. The van der Waals surface area contributed by atoms with Crippen molar-refractivity contribution in [3.8, 4) is 0 Å². The molecule has 2 fully saturated rings. The zero-order chi connectivity index (χ0) is 37.3. The molecule has 0 spiro atoms. The van der Waals surface area contributed by atoms with Gasteiger partial charge < -0.3 is 25.6 Å². The molecule has 2 aromatic carbocycles. The number of fused-ring (bicyclic) bond motifs is 1. The van der Waals surface area contributed by atoms with E-state index in [1.54, 1.807) is 52.8 Å². The maximum Gasteiger partial charge on any atom is 0.408 e. The number of ether oxygens (including phenoxy) is 1. The Hall–Kier alpha value is -4.14. The van der Waals surface area contributed by atoms with Gasteiger partial charge in [0.15, 0.2) is 0 Å². The lowest BCUT2D eigenvalue weighted by Gasteiger charge is -2.42. The second kappa shape index (κ2) is 14.8. The molecule has 1 aliphatic carbocycles. The van der Waals surface area contributed by atoms with Crippen LogP contribution >= 0.6 is 11.6 Å². The third-order valence-corrected chi connectivity index (χ3v) is 11.0. The molecule has 0 unspecified atom stereocenters. The van der Waals surface area contributed by atoms with Crippen molar-refractivity contribution in [2.45, 2.75) is 82.1 Å². The number of sulfonamides is 1. The summed E-state index contributed by atoms with van der Waals surface area (Å²) in [5.74, 6) is -2.62. The Morgan fingerprint density at radius 2 is 1.82 bits per heavy atom. The van der Waals surface area contributed by atoms with Gasteiger partial charge in [0.2, 0.25) is 11.8 Å². The van der Waals surface area contributed by atoms with Crippen molar-refractivity contribution in [3.63, 3.8) is 0 Å². The van der Waals surface area contributed by atoms with Crippen LogP contribution in [0.1, 0.15) is 52.2 Å². The van der Waals surface area contributed by atoms with Crippen LogP contribution < -0.4 is 20.7 Å². The number of rotatable bonds is 11. The fourth-order valence-corrected chi connectivity index (χ4v) is 7.96. The summed E-state index contributed by atoms with van der Waals surface area (Å²) in [6.45, 7) is 14.0. The quantitative estimate of drug-likeness (QED) is 0.253. The average Bonchev–Trinajstić information content (AvgIpc) is 3.56. The number of benzene rings is 2. The Balaban J connectivity index is 1.38. The molecule has 3 aliphatic rings. The zero-order valence-electron chi connectivity index (χ0n) is 29.6. The minimum Gasteiger partial charge on any atom is -0.444 e. The van der Waals surface area contributed by atoms with Crippen LogP contribution in [0.5, 0.6) is 0 Å². The second-order valence-corrected chi connectivity index (χ2v) is 16.8. The summed E-state index contributed by atoms with van der Waals surface area (Å²) in [5.41, 5.74) is -0.161. The van der Waals surface area contributed by atoms with E-state index < -0.39 is 57.1 Å². The average molecular weight is 743 g/mol. The molecule has 4 N–H and O–H groups in total. The number of nitrogens with zero attached hydrogens (tertiary/aromatic N) is 2. The number of alkyl carbamates (subject to hydrolysis) is 1. The van der Waals surface area contributed by atoms with E-state index in [-0.39, 0.29) is 36.2 Å². The maximum absolute atomic E-state index is 14.3. The molecular formula is C36H47ClN6O7S. The predicted molar refractivity (Wildman–Crippen MR) is 193 cm³/mol. The number of halogens is 1. The van der Waals surface area contributed by atoms with Gasteiger partial charge in [0.1, 0.15) is 28.1 Å². The summed E-state index contributed by atoms with van der Waals surface area (Å²) in [4.78, 5) is 58.1. The summed E-state index contributed by atoms with van der Waals surface area (Å²) >= 11 is 6.11. The number of carbonyl (C=O) groups excluding carboxylic acids is 4. The van der Waals surface area contributed by atoms with Crippen molar-refractivity contribution < 1.29 is 32.3 Å². The van der Waals surface area contributed by atoms with E-state index >= 15 is 0 Å². The van der Waals surface area contributed by atoms with Crippen molar-refractivity contribution >= 4 is 51.1 Å². The Labute approximate surface area is 304 Å². The molecule has 0 bridgehead atoms. The minimum absolute atomic E-state index is 0.0431. The molecule has 2 aliphatic heterocycles. The topological polar surface area (TPSA) is 166 Å². The SMILES string of the molecule is C=C[C@@H]1C[C@]1(NC(=O)[C@@H]1CN(C(=O)[C@@H](NC(=O)OC(C)(C)C)C(C)C)CCN1Cc1ccc(Cl)cc1)C(=O)NS(=O)(=O)c1cccc2c1NCC2. The lowest BCUT2D eigenvalue weighted by molar-refractivity contribution is -0.142. The van der Waals surface area contributed by atoms with Crippen LogP contribution in [0.2, 0.25) is 5.02 Å². The normalized spacial score (nSPS) is 22.3. The zero-order valence-corrected chi connectivity index (χ0v) is 31.2. The Morgan fingerprint density at radius 3 is 2.45 bits per heavy atom. The monoisotopic (exact) mass is 742 g/mol. The number of hydrogen-bond donors (Lipinski definition) is 4. The van der Waals surface area contributed by atoms with Gasteiger partial charge in [0, 0.05) is 43.7 Å². The summed E-state index contributed by atoms with van der Waals surface area (Å²) in [5, 5.41) is 9.20. The lowest BCUT2D eigenvalue weighted by atomic mass is 10.0. The smallest absolute Gasteiger partial charge is 0.408 e. The molecule has 276 valence electrons. The van der Waals surface area contributed by atoms with Gasteiger partial charge in [-0.2, -0.15) is 0 Å². The molecule has 13 nitrogen and oxygen atoms in total. The van der Waals surface area contributed by atoms with Crippen LogP contribution in [-0.2, 0) is 42.1 Å². The van der Waals surface area contributed by atoms with E-state index in [2.05, 4.69) is 27.3 Å². The number of piperazine rings is 1. The Kier molecular flexibility index (Phi) is 11.1. The summed E-state index contributed by atoms with van der Waals surface area (Å²) in [7, 11) is -4.30. The first-order chi connectivity index (χ1) is 23.9. The van der Waals surface area contributed by atoms with Crippen molar-refractivity contribution in [2.75, 3.05) is 31.5 Å². The first kappa shape index (κ1) is 38.1. The van der Waals surface area contributed by atoms with E-state index in [9.17, 15) is 27.6 Å². The van der Waals surface area contributed by atoms with Gasteiger partial charge in [-0.3, -0.25) is 19.3 Å². The molecule has 0 aromatic heterocycles. The maximum atomic E-state index is 14.3. The first-order valence-corrected chi connectivity index (χ1v) is 18.9. The number of amides is 4. The highest BCUT2D eigenvalue weighted by Crippen LogP contribution is 2.45. The molecule has 1 saturated carbocycles. The fourth-order valence-electron chi connectivity index (χ4n) is 6.56. The molecule has 1 saturated heterocycles. The van der Waals surface area contributed by atoms with Crippen LogP contribution in [0.25, 0.3) is 0 Å². The van der Waals surface area contributed by atoms with Gasteiger partial charge in [0.25, 0.3) is 15.9 Å². The highest BCUT2D eigenvalue weighted by atomic mass is 35.5. The highest BCUT2D eigenvalue weighted by Gasteiger charge is 2.61. The molecule has 4 amide bonds. The Morgan fingerprint density at radius 1 is 1.12 bits per heavy atom. The highest BCUT2D eigenvalue weighted by molar-refractivity contribution is 7.90. The Bertz CT molecular complexity index is 1800. The van der Waals surface area contributed by atoms with Crippen LogP contribution in [0.15, 0.2) is 60.0 Å². The van der Waals surface area contributed by atoms with E-state index in [4.69, 9.17) is 16.3 Å². The van der Waals surface area contributed by atoms with Gasteiger partial charge >= 0.3 is 6.09 Å². The summed E-state index contributed by atoms with van der Waals surface area (Å²) in [6, 6.07) is 10.2. The lowest BCUT2D eigenvalue weighted by Crippen LogP contribution is -2.64. The minimum atomic E-state index is -4.30. The standard InChI is InChI=1S/C36H47ClN6O7S/c1-7-25-19-36(25,33(46)41-51(48,49)28-10-8-9-24-15-16-38-30(24)28)40-31(44)27-21-43(18-17-42(27)20-23-11-13-26(37)14-12-23)32(45)29(22(2)3)39-34(47)50-35(4,5)6/h7-14,22,25,27,29,38H,1,15-21H2,2-6H3,(H,39,47)(H,40,44)(H,41,46)/t25-,27+,29+,36-/m1/s1. The number of nitrogens with one attached hydrogen (secondary N) is 4. The molecule has 0 radical (unpaired) electrons. The number of para-hydroxylation sites is 1. The van der Waals surface area contributed by atoms with Gasteiger partial charge in [-0.1, -0.05) is 55.8 Å². The van der Waals surface area contributed by atoms with Crippen LogP contribution in [0.4, 0.5) is 10.5 Å². The molecule has 2 heterocycles. The summed E-state index contributed by atoms with van der Waals surface area (Å²) in [6.07, 6.45) is 1.60. The van der Waals surface area contributed by atoms with Gasteiger partial charge in [-0.05, 0) is 68.9 Å². The predicted octanol–water partition coefficient (Wildman–Crippen LogP) is 3.44. The number of hydrogen-bond acceptors (Lipinski definition) is 9. The van der Waals surface area contributed by atoms with Crippen molar-refractivity contribution in [3.05, 3.63) is 71.3 Å². The molecule has 4 atom stereocenters. The molecule has 15 heteroatoms. The third kappa shape index (κ3) is 8.67. The van der Waals surface area contributed by atoms with E-state index in [1.807, 2.05) is 23.1 Å².